The molecule has 1 saturated heterocycles. The van der Waals surface area contributed by atoms with Gasteiger partial charge in [0.2, 0.25) is 0 Å². The zero-order valence-corrected chi connectivity index (χ0v) is 12.0. The Hall–Kier alpha value is -0.650. The van der Waals surface area contributed by atoms with Crippen LogP contribution in [0, 0.1) is 0 Å². The predicted molar refractivity (Wildman–Crippen MR) is 73.4 cm³/mol. The molecular formula is C14H27NO4. The molecular weight excluding hydrogens is 246 g/mol. The van der Waals surface area contributed by atoms with Crippen LogP contribution in [-0.4, -0.2) is 62.0 Å². The summed E-state index contributed by atoms with van der Waals surface area (Å²) in [6.45, 7) is 3.58. The van der Waals surface area contributed by atoms with Gasteiger partial charge in [0.1, 0.15) is 6.04 Å². The van der Waals surface area contributed by atoms with E-state index in [2.05, 4.69) is 4.90 Å². The molecule has 5 heteroatoms. The van der Waals surface area contributed by atoms with Gasteiger partial charge in [0.05, 0.1) is 6.61 Å². The average Bonchev–Trinajstić information content (AvgIpc) is 2.35. The Labute approximate surface area is 115 Å². The van der Waals surface area contributed by atoms with E-state index in [1.807, 2.05) is 0 Å². The maximum atomic E-state index is 11.3. The van der Waals surface area contributed by atoms with Gasteiger partial charge in [-0.15, -0.1) is 0 Å². The minimum absolute atomic E-state index is 0.331. The molecule has 0 spiro atoms. The Morgan fingerprint density at radius 1 is 1.21 bits per heavy atom. The van der Waals surface area contributed by atoms with Crippen molar-refractivity contribution in [1.29, 1.82) is 0 Å². The van der Waals surface area contributed by atoms with E-state index >= 15 is 0 Å². The fourth-order valence-corrected chi connectivity index (χ4v) is 2.48. The van der Waals surface area contributed by atoms with Gasteiger partial charge in [0, 0.05) is 26.9 Å². The second-order valence-corrected chi connectivity index (χ2v) is 5.05. The maximum Gasteiger partial charge on any atom is 0.320 e. The van der Waals surface area contributed by atoms with Crippen LogP contribution in [0.15, 0.2) is 0 Å². The van der Waals surface area contributed by atoms with Gasteiger partial charge < -0.3 is 14.6 Å². The molecule has 0 bridgehead atoms. The van der Waals surface area contributed by atoms with E-state index in [-0.39, 0.29) is 6.04 Å². The summed E-state index contributed by atoms with van der Waals surface area (Å²) in [5.41, 5.74) is 0. The Bertz CT molecular complexity index is 248. The van der Waals surface area contributed by atoms with Crippen LogP contribution < -0.4 is 0 Å². The second-order valence-electron chi connectivity index (χ2n) is 5.05. The number of carboxylic acid groups (broad SMARTS) is 1. The average molecular weight is 273 g/mol. The lowest BCUT2D eigenvalue weighted by Crippen LogP contribution is -2.44. The predicted octanol–water partition coefficient (Wildman–Crippen LogP) is 1.76. The van der Waals surface area contributed by atoms with Crippen LogP contribution in [0.2, 0.25) is 0 Å². The summed E-state index contributed by atoms with van der Waals surface area (Å²) < 4.78 is 10.5. The molecule has 0 aromatic rings. The van der Waals surface area contributed by atoms with Crippen molar-refractivity contribution in [3.63, 3.8) is 0 Å². The fourth-order valence-electron chi connectivity index (χ4n) is 2.48. The van der Waals surface area contributed by atoms with Crippen LogP contribution >= 0.6 is 0 Å². The molecule has 1 atom stereocenters. The van der Waals surface area contributed by atoms with Gasteiger partial charge in [0.15, 0.2) is 0 Å². The number of methoxy groups -OCH3 is 1. The highest BCUT2D eigenvalue weighted by atomic mass is 16.5. The maximum absolute atomic E-state index is 11.3. The first-order chi connectivity index (χ1) is 9.25. The summed E-state index contributed by atoms with van der Waals surface area (Å²) in [4.78, 5) is 13.4. The molecule has 0 amide bonds. The van der Waals surface area contributed by atoms with Gasteiger partial charge in [-0.1, -0.05) is 19.3 Å². The third-order valence-corrected chi connectivity index (χ3v) is 3.56. The molecule has 0 radical (unpaired) electrons. The number of hydrogen-bond acceptors (Lipinski definition) is 4. The molecule has 1 heterocycles. The molecule has 0 aromatic carbocycles. The van der Waals surface area contributed by atoms with E-state index in [1.54, 1.807) is 7.11 Å². The molecule has 1 fully saturated rings. The minimum atomic E-state index is -0.693. The Morgan fingerprint density at radius 2 is 2.00 bits per heavy atom. The number of hydrogen-bond donors (Lipinski definition) is 1. The topological polar surface area (TPSA) is 59.0 Å². The standard InChI is InChI=1S/C14H27NO4/c1-18-10-6-11-19-12-9-15-8-5-3-2-4-7-13(15)14(16)17/h13H,2-12H2,1H3,(H,16,17). The van der Waals surface area contributed by atoms with Gasteiger partial charge in [-0.2, -0.15) is 0 Å². The molecule has 1 N–H and O–H groups in total. The molecule has 0 aromatic heterocycles. The molecule has 1 rings (SSSR count). The molecule has 1 unspecified atom stereocenters. The van der Waals surface area contributed by atoms with Crippen LogP contribution in [0.25, 0.3) is 0 Å². The Morgan fingerprint density at radius 3 is 2.74 bits per heavy atom. The Kier molecular flexibility index (Phi) is 8.79. The highest BCUT2D eigenvalue weighted by Gasteiger charge is 2.25. The second kappa shape index (κ2) is 10.2. The number of aliphatic carboxylic acids is 1. The van der Waals surface area contributed by atoms with E-state index in [9.17, 15) is 9.90 Å². The summed E-state index contributed by atoms with van der Waals surface area (Å²) >= 11 is 0. The summed E-state index contributed by atoms with van der Waals surface area (Å²) in [6, 6.07) is -0.331. The van der Waals surface area contributed by atoms with Crippen molar-refractivity contribution in [3.05, 3.63) is 0 Å². The fraction of sp³-hybridized carbons (Fsp3) is 0.929. The van der Waals surface area contributed by atoms with Crippen LogP contribution in [0.4, 0.5) is 0 Å². The van der Waals surface area contributed by atoms with Crippen molar-refractivity contribution in [2.24, 2.45) is 0 Å². The van der Waals surface area contributed by atoms with E-state index in [0.29, 0.717) is 26.4 Å². The van der Waals surface area contributed by atoms with Crippen LogP contribution in [0.1, 0.15) is 38.5 Å². The smallest absolute Gasteiger partial charge is 0.320 e. The molecule has 1 aliphatic rings. The Balaban J connectivity index is 2.27. The monoisotopic (exact) mass is 273 g/mol. The summed E-state index contributed by atoms with van der Waals surface area (Å²) in [6.07, 6.45) is 6.12. The van der Waals surface area contributed by atoms with E-state index in [4.69, 9.17) is 9.47 Å². The van der Waals surface area contributed by atoms with Crippen molar-refractivity contribution >= 4 is 5.97 Å². The molecule has 5 nitrogen and oxygen atoms in total. The van der Waals surface area contributed by atoms with Crippen molar-refractivity contribution in [3.8, 4) is 0 Å². The zero-order chi connectivity index (χ0) is 13.9. The highest BCUT2D eigenvalue weighted by Crippen LogP contribution is 2.16. The molecule has 112 valence electrons. The molecule has 1 aliphatic heterocycles. The van der Waals surface area contributed by atoms with Crippen molar-refractivity contribution in [1.82, 2.24) is 4.90 Å². The minimum Gasteiger partial charge on any atom is -0.480 e. The number of likely N-dealkylation sites (tertiary alicyclic amines) is 1. The number of nitrogens with zero attached hydrogens (tertiary/aromatic N) is 1. The number of ether oxygens (including phenoxy) is 2. The first-order valence-electron chi connectivity index (χ1n) is 7.29. The van der Waals surface area contributed by atoms with Crippen molar-refractivity contribution < 1.29 is 19.4 Å². The van der Waals surface area contributed by atoms with Crippen LogP contribution in [0.3, 0.4) is 0 Å². The third kappa shape index (κ3) is 6.89. The normalized spacial score (nSPS) is 21.8. The first-order valence-corrected chi connectivity index (χ1v) is 7.29. The number of rotatable bonds is 8. The lowest BCUT2D eigenvalue weighted by molar-refractivity contribution is -0.144. The van der Waals surface area contributed by atoms with E-state index < -0.39 is 5.97 Å². The quantitative estimate of drug-likeness (QED) is 0.683. The number of carboxylic acids is 1. The zero-order valence-electron chi connectivity index (χ0n) is 12.0. The first kappa shape index (κ1) is 16.4. The van der Waals surface area contributed by atoms with E-state index in [1.165, 1.54) is 6.42 Å². The molecule has 19 heavy (non-hydrogen) atoms. The SMILES string of the molecule is COCCCOCCN1CCCCCCC1C(=O)O. The van der Waals surface area contributed by atoms with Crippen molar-refractivity contribution in [2.45, 2.75) is 44.6 Å². The highest BCUT2D eigenvalue weighted by molar-refractivity contribution is 5.73. The number of carbonyl (C=O) groups is 1. The van der Waals surface area contributed by atoms with Gasteiger partial charge >= 0.3 is 5.97 Å². The summed E-state index contributed by atoms with van der Waals surface area (Å²) in [7, 11) is 1.68. The lowest BCUT2D eigenvalue weighted by Gasteiger charge is -2.30. The van der Waals surface area contributed by atoms with Gasteiger partial charge in [-0.3, -0.25) is 9.69 Å². The van der Waals surface area contributed by atoms with Crippen LogP contribution in [0.5, 0.6) is 0 Å². The van der Waals surface area contributed by atoms with Gasteiger partial charge in [-0.25, -0.2) is 0 Å². The largest absolute Gasteiger partial charge is 0.480 e. The van der Waals surface area contributed by atoms with Gasteiger partial charge in [0.25, 0.3) is 0 Å². The summed E-state index contributed by atoms with van der Waals surface area (Å²) in [5, 5.41) is 9.30. The third-order valence-electron chi connectivity index (χ3n) is 3.56. The van der Waals surface area contributed by atoms with Gasteiger partial charge in [-0.05, 0) is 25.8 Å². The van der Waals surface area contributed by atoms with Crippen LogP contribution in [-0.2, 0) is 14.3 Å². The lowest BCUT2D eigenvalue weighted by atomic mass is 10.0. The molecule has 0 aliphatic carbocycles. The van der Waals surface area contributed by atoms with E-state index in [0.717, 1.165) is 38.6 Å². The summed E-state index contributed by atoms with van der Waals surface area (Å²) in [5.74, 6) is -0.693. The van der Waals surface area contributed by atoms with Crippen molar-refractivity contribution in [2.75, 3.05) is 40.0 Å². The molecule has 0 saturated carbocycles.